The normalized spacial score (nSPS) is 23.6. The molecule has 3 heteroatoms. The Kier molecular flexibility index (Phi) is 4.94. The first kappa shape index (κ1) is 9.43. The summed E-state index contributed by atoms with van der Waals surface area (Å²) in [7, 11) is 1.93. The van der Waals surface area contributed by atoms with E-state index in [-0.39, 0.29) is 6.04 Å². The van der Waals surface area contributed by atoms with Gasteiger partial charge in [0.15, 0.2) is 0 Å². The lowest BCUT2D eigenvalue weighted by Gasteiger charge is -2.21. The SMILES string of the molecule is CC.CN1CC(N)CC=N1. The van der Waals surface area contributed by atoms with Gasteiger partial charge in [0.05, 0.1) is 6.54 Å². The van der Waals surface area contributed by atoms with Gasteiger partial charge >= 0.3 is 0 Å². The molecule has 0 aromatic carbocycles. The Bertz CT molecular complexity index is 101. The first-order valence-electron chi connectivity index (χ1n) is 3.78. The average Bonchev–Trinajstić information content (AvgIpc) is 1.91. The van der Waals surface area contributed by atoms with E-state index in [0.717, 1.165) is 13.0 Å². The smallest absolute Gasteiger partial charge is 0.0512 e. The van der Waals surface area contributed by atoms with Crippen molar-refractivity contribution in [3.05, 3.63) is 0 Å². The molecule has 0 fully saturated rings. The van der Waals surface area contributed by atoms with Gasteiger partial charge in [-0.25, -0.2) is 0 Å². The van der Waals surface area contributed by atoms with Crippen LogP contribution < -0.4 is 5.73 Å². The molecular formula is C7H17N3. The molecule has 1 aliphatic rings. The molecule has 0 saturated carbocycles. The molecule has 0 aliphatic carbocycles. The van der Waals surface area contributed by atoms with Gasteiger partial charge in [-0.1, -0.05) is 13.8 Å². The Labute approximate surface area is 62.9 Å². The predicted molar refractivity (Wildman–Crippen MR) is 45.1 cm³/mol. The molecule has 1 atom stereocenters. The molecule has 0 saturated heterocycles. The highest BCUT2D eigenvalue weighted by molar-refractivity contribution is 5.58. The van der Waals surface area contributed by atoms with Crippen molar-refractivity contribution in [2.45, 2.75) is 26.3 Å². The van der Waals surface area contributed by atoms with E-state index in [1.54, 1.807) is 0 Å². The van der Waals surface area contributed by atoms with Gasteiger partial charge in [-0.15, -0.1) is 0 Å². The van der Waals surface area contributed by atoms with Gasteiger partial charge in [-0.05, 0) is 0 Å². The Balaban J connectivity index is 0.000000371. The van der Waals surface area contributed by atoms with Crippen LogP contribution in [0.25, 0.3) is 0 Å². The molecule has 60 valence electrons. The van der Waals surface area contributed by atoms with Crippen molar-refractivity contribution < 1.29 is 0 Å². The molecule has 10 heavy (non-hydrogen) atoms. The molecule has 0 bridgehead atoms. The minimum atomic E-state index is 0.289. The van der Waals surface area contributed by atoms with Crippen LogP contribution >= 0.6 is 0 Å². The number of likely N-dealkylation sites (N-methyl/N-ethyl adjacent to an activating group) is 1. The van der Waals surface area contributed by atoms with E-state index < -0.39 is 0 Å². The maximum atomic E-state index is 5.59. The van der Waals surface area contributed by atoms with Gasteiger partial charge in [-0.3, -0.25) is 5.01 Å². The molecule has 0 aromatic rings. The standard InChI is InChI=1S/C5H11N3.C2H6/c1-8-4-5(6)2-3-7-8;1-2/h3,5H,2,4,6H2,1H3;1-2H3. The second kappa shape index (κ2) is 5.23. The minimum Gasteiger partial charge on any atom is -0.326 e. The summed E-state index contributed by atoms with van der Waals surface area (Å²) in [5.74, 6) is 0. The second-order valence-electron chi connectivity index (χ2n) is 2.13. The van der Waals surface area contributed by atoms with Crippen LogP contribution in [-0.2, 0) is 0 Å². The number of hydrogen-bond acceptors (Lipinski definition) is 3. The van der Waals surface area contributed by atoms with Crippen LogP contribution in [0.2, 0.25) is 0 Å². The fraction of sp³-hybridized carbons (Fsp3) is 0.857. The highest BCUT2D eigenvalue weighted by Crippen LogP contribution is 1.96. The van der Waals surface area contributed by atoms with Crippen molar-refractivity contribution in [3.8, 4) is 0 Å². The van der Waals surface area contributed by atoms with E-state index in [1.807, 2.05) is 32.1 Å². The molecule has 3 nitrogen and oxygen atoms in total. The molecule has 1 heterocycles. The minimum absolute atomic E-state index is 0.289. The fourth-order valence-corrected chi connectivity index (χ4v) is 0.783. The Morgan fingerprint density at radius 3 is 2.50 bits per heavy atom. The molecule has 1 unspecified atom stereocenters. The van der Waals surface area contributed by atoms with Crippen LogP contribution in [0.15, 0.2) is 5.10 Å². The van der Waals surface area contributed by atoms with Crippen molar-refractivity contribution >= 4 is 6.21 Å². The largest absolute Gasteiger partial charge is 0.326 e. The highest BCUT2D eigenvalue weighted by atomic mass is 15.4. The maximum absolute atomic E-state index is 5.59. The number of hydrazone groups is 1. The van der Waals surface area contributed by atoms with Crippen LogP contribution in [0.4, 0.5) is 0 Å². The monoisotopic (exact) mass is 143 g/mol. The third kappa shape index (κ3) is 3.45. The molecule has 0 aromatic heterocycles. The number of nitrogens with zero attached hydrogens (tertiary/aromatic N) is 2. The highest BCUT2D eigenvalue weighted by Gasteiger charge is 2.06. The topological polar surface area (TPSA) is 41.6 Å². The van der Waals surface area contributed by atoms with E-state index >= 15 is 0 Å². The Hall–Kier alpha value is -0.570. The summed E-state index contributed by atoms with van der Waals surface area (Å²) in [5, 5.41) is 5.86. The summed E-state index contributed by atoms with van der Waals surface area (Å²) < 4.78 is 0. The lowest BCUT2D eigenvalue weighted by Crippen LogP contribution is -2.36. The van der Waals surface area contributed by atoms with Crippen LogP contribution in [-0.4, -0.2) is 30.9 Å². The first-order valence-corrected chi connectivity index (χ1v) is 3.78. The molecule has 2 N–H and O–H groups in total. The van der Waals surface area contributed by atoms with E-state index in [2.05, 4.69) is 5.10 Å². The number of hydrogen-bond donors (Lipinski definition) is 1. The summed E-state index contributed by atoms with van der Waals surface area (Å²) in [6.45, 7) is 4.89. The third-order valence-corrected chi connectivity index (χ3v) is 1.19. The van der Waals surface area contributed by atoms with Gasteiger partial charge in [-0.2, -0.15) is 5.10 Å². The van der Waals surface area contributed by atoms with Crippen LogP contribution in [0.1, 0.15) is 20.3 Å². The van der Waals surface area contributed by atoms with E-state index in [1.165, 1.54) is 0 Å². The molecular weight excluding hydrogens is 126 g/mol. The molecule has 1 aliphatic heterocycles. The number of rotatable bonds is 0. The van der Waals surface area contributed by atoms with Crippen molar-refractivity contribution in [2.75, 3.05) is 13.6 Å². The van der Waals surface area contributed by atoms with Gasteiger partial charge < -0.3 is 5.73 Å². The second-order valence-corrected chi connectivity index (χ2v) is 2.13. The molecule has 0 amide bonds. The lowest BCUT2D eigenvalue weighted by molar-refractivity contribution is 0.315. The zero-order valence-corrected chi connectivity index (χ0v) is 7.04. The molecule has 1 rings (SSSR count). The van der Waals surface area contributed by atoms with Gasteiger partial charge in [0.1, 0.15) is 0 Å². The summed E-state index contributed by atoms with van der Waals surface area (Å²) in [4.78, 5) is 0. The molecule has 0 spiro atoms. The summed E-state index contributed by atoms with van der Waals surface area (Å²) >= 11 is 0. The van der Waals surface area contributed by atoms with Gasteiger partial charge in [0, 0.05) is 25.7 Å². The Morgan fingerprint density at radius 1 is 1.60 bits per heavy atom. The zero-order chi connectivity index (χ0) is 7.98. The Morgan fingerprint density at radius 2 is 2.20 bits per heavy atom. The quantitative estimate of drug-likeness (QED) is 0.541. The van der Waals surface area contributed by atoms with Gasteiger partial charge in [0.25, 0.3) is 0 Å². The van der Waals surface area contributed by atoms with E-state index in [9.17, 15) is 0 Å². The van der Waals surface area contributed by atoms with Gasteiger partial charge in [0.2, 0.25) is 0 Å². The van der Waals surface area contributed by atoms with E-state index in [4.69, 9.17) is 5.73 Å². The molecule has 0 radical (unpaired) electrons. The predicted octanol–water partition coefficient (Wildman–Crippen LogP) is 0.661. The average molecular weight is 143 g/mol. The van der Waals surface area contributed by atoms with Crippen molar-refractivity contribution in [1.82, 2.24) is 5.01 Å². The van der Waals surface area contributed by atoms with E-state index in [0.29, 0.717) is 0 Å². The third-order valence-electron chi connectivity index (χ3n) is 1.19. The summed E-state index contributed by atoms with van der Waals surface area (Å²) in [6, 6.07) is 0.289. The number of nitrogens with two attached hydrogens (primary N) is 1. The summed E-state index contributed by atoms with van der Waals surface area (Å²) in [6.07, 6.45) is 2.78. The first-order chi connectivity index (χ1) is 4.79. The maximum Gasteiger partial charge on any atom is 0.0512 e. The zero-order valence-electron chi connectivity index (χ0n) is 7.04. The van der Waals surface area contributed by atoms with Crippen molar-refractivity contribution in [3.63, 3.8) is 0 Å². The van der Waals surface area contributed by atoms with Crippen LogP contribution in [0, 0.1) is 0 Å². The van der Waals surface area contributed by atoms with Crippen LogP contribution in [0.5, 0.6) is 0 Å². The summed E-state index contributed by atoms with van der Waals surface area (Å²) in [5.41, 5.74) is 5.59. The fourth-order valence-electron chi connectivity index (χ4n) is 0.783. The lowest BCUT2D eigenvalue weighted by atomic mass is 10.2. The van der Waals surface area contributed by atoms with Crippen LogP contribution in [0.3, 0.4) is 0 Å². The van der Waals surface area contributed by atoms with Crippen molar-refractivity contribution in [1.29, 1.82) is 0 Å². The van der Waals surface area contributed by atoms with Crippen molar-refractivity contribution in [2.24, 2.45) is 10.8 Å².